The van der Waals surface area contributed by atoms with Crippen LogP contribution in [0.1, 0.15) is 28.4 Å². The quantitative estimate of drug-likeness (QED) is 0.569. The summed E-state index contributed by atoms with van der Waals surface area (Å²) in [4.78, 5) is 27.4. The van der Waals surface area contributed by atoms with Gasteiger partial charge in [0.1, 0.15) is 17.2 Å². The Morgan fingerprint density at radius 3 is 2.56 bits per heavy atom. The number of carbonyl (C=O) groups is 2. The molecule has 0 aliphatic carbocycles. The second kappa shape index (κ2) is 10.3. The van der Waals surface area contributed by atoms with E-state index in [0.29, 0.717) is 42.3 Å². The lowest BCUT2D eigenvalue weighted by Gasteiger charge is -2.22. The van der Waals surface area contributed by atoms with Gasteiger partial charge >= 0.3 is 0 Å². The molecular formula is C27H28N2O5. The smallest absolute Gasteiger partial charge is 0.263 e. The standard InChI is InChI=1S/C27H28N2O5/c1-18-27(31)29(15-14-19-6-4-5-7-24(19)33-3)17-21-16-22(10-13-25(21)34-18)28-26(30)20-8-11-23(32-2)12-9-20/h4-13,16,18H,14-15,17H2,1-3H3,(H,28,30)/t18-/m1/s1. The lowest BCUT2D eigenvalue weighted by atomic mass is 10.1. The summed E-state index contributed by atoms with van der Waals surface area (Å²) < 4.78 is 16.5. The van der Waals surface area contributed by atoms with Gasteiger partial charge < -0.3 is 24.4 Å². The van der Waals surface area contributed by atoms with Crippen LogP contribution in [0.15, 0.2) is 66.7 Å². The Bertz CT molecular complexity index is 1180. The number of nitrogens with one attached hydrogen (secondary N) is 1. The van der Waals surface area contributed by atoms with Crippen LogP contribution in [0, 0.1) is 0 Å². The number of ether oxygens (including phenoxy) is 3. The van der Waals surface area contributed by atoms with Crippen molar-refractivity contribution in [2.45, 2.75) is 26.0 Å². The number of rotatable bonds is 7. The van der Waals surface area contributed by atoms with E-state index in [9.17, 15) is 9.59 Å². The first-order chi connectivity index (χ1) is 16.5. The van der Waals surface area contributed by atoms with E-state index in [1.807, 2.05) is 30.3 Å². The Hall–Kier alpha value is -4.00. The Morgan fingerprint density at radius 1 is 1.06 bits per heavy atom. The molecule has 2 amide bonds. The van der Waals surface area contributed by atoms with Gasteiger partial charge in [0.25, 0.3) is 11.8 Å². The molecular weight excluding hydrogens is 432 g/mol. The van der Waals surface area contributed by atoms with Gasteiger partial charge in [0.05, 0.1) is 14.2 Å². The number of anilines is 1. The van der Waals surface area contributed by atoms with Crippen LogP contribution in [0.4, 0.5) is 5.69 Å². The molecule has 0 saturated heterocycles. The molecule has 1 atom stereocenters. The third kappa shape index (κ3) is 5.14. The molecule has 1 aliphatic rings. The second-order valence-electron chi connectivity index (χ2n) is 8.09. The zero-order valence-corrected chi connectivity index (χ0v) is 19.5. The molecule has 0 unspecified atom stereocenters. The highest BCUT2D eigenvalue weighted by Crippen LogP contribution is 2.29. The Labute approximate surface area is 199 Å². The number of nitrogens with zero attached hydrogens (tertiary/aromatic N) is 1. The van der Waals surface area contributed by atoms with Crippen molar-refractivity contribution >= 4 is 17.5 Å². The summed E-state index contributed by atoms with van der Waals surface area (Å²) in [7, 11) is 3.22. The highest BCUT2D eigenvalue weighted by molar-refractivity contribution is 6.04. The van der Waals surface area contributed by atoms with Crippen molar-refractivity contribution in [1.82, 2.24) is 4.90 Å². The molecule has 0 fully saturated rings. The minimum Gasteiger partial charge on any atom is -0.497 e. The summed E-state index contributed by atoms with van der Waals surface area (Å²) in [6, 6.07) is 20.1. The lowest BCUT2D eigenvalue weighted by Crippen LogP contribution is -2.39. The van der Waals surface area contributed by atoms with E-state index in [1.54, 1.807) is 62.4 Å². The van der Waals surface area contributed by atoms with Crippen molar-refractivity contribution in [1.29, 1.82) is 0 Å². The number of hydrogen-bond acceptors (Lipinski definition) is 5. The first-order valence-corrected chi connectivity index (χ1v) is 11.1. The molecule has 0 saturated carbocycles. The first kappa shape index (κ1) is 23.2. The van der Waals surface area contributed by atoms with Gasteiger partial charge in [-0.25, -0.2) is 0 Å². The van der Waals surface area contributed by atoms with Crippen LogP contribution >= 0.6 is 0 Å². The van der Waals surface area contributed by atoms with Gasteiger partial charge in [0, 0.05) is 29.9 Å². The van der Waals surface area contributed by atoms with Crippen LogP contribution < -0.4 is 19.5 Å². The number of para-hydroxylation sites is 1. The largest absolute Gasteiger partial charge is 0.497 e. The molecule has 0 aromatic heterocycles. The van der Waals surface area contributed by atoms with Crippen molar-refractivity contribution in [3.63, 3.8) is 0 Å². The number of methoxy groups -OCH3 is 2. The van der Waals surface area contributed by atoms with Crippen molar-refractivity contribution in [3.05, 3.63) is 83.4 Å². The van der Waals surface area contributed by atoms with E-state index in [1.165, 1.54) is 0 Å². The van der Waals surface area contributed by atoms with E-state index in [-0.39, 0.29) is 11.8 Å². The van der Waals surface area contributed by atoms with Gasteiger partial charge in [-0.3, -0.25) is 9.59 Å². The number of fused-ring (bicyclic) bond motifs is 1. The van der Waals surface area contributed by atoms with Crippen molar-refractivity contribution in [2.24, 2.45) is 0 Å². The first-order valence-electron chi connectivity index (χ1n) is 11.1. The predicted octanol–water partition coefficient (Wildman–Crippen LogP) is 4.31. The summed E-state index contributed by atoms with van der Waals surface area (Å²) in [5, 5.41) is 2.92. The van der Waals surface area contributed by atoms with Gasteiger partial charge in [-0.15, -0.1) is 0 Å². The summed E-state index contributed by atoms with van der Waals surface area (Å²) in [5.74, 6) is 1.83. The number of amides is 2. The normalized spacial score (nSPS) is 15.1. The SMILES string of the molecule is COc1ccc(C(=O)Nc2ccc3c(c2)CN(CCc2ccccc2OC)C(=O)[C@@H](C)O3)cc1. The molecule has 1 N–H and O–H groups in total. The van der Waals surface area contributed by atoms with E-state index in [2.05, 4.69) is 5.32 Å². The minimum atomic E-state index is -0.598. The van der Waals surface area contributed by atoms with Gasteiger partial charge in [-0.1, -0.05) is 18.2 Å². The van der Waals surface area contributed by atoms with Crippen LogP contribution in [-0.2, 0) is 17.8 Å². The highest BCUT2D eigenvalue weighted by Gasteiger charge is 2.28. The Kier molecular flexibility index (Phi) is 7.01. The fourth-order valence-corrected chi connectivity index (χ4v) is 3.98. The predicted molar refractivity (Wildman–Crippen MR) is 130 cm³/mol. The van der Waals surface area contributed by atoms with E-state index in [0.717, 1.165) is 16.9 Å². The molecule has 3 aromatic rings. The summed E-state index contributed by atoms with van der Waals surface area (Å²) in [6.45, 7) is 2.67. The number of carbonyl (C=O) groups excluding carboxylic acids is 2. The fourth-order valence-electron chi connectivity index (χ4n) is 3.98. The zero-order chi connectivity index (χ0) is 24.1. The second-order valence-corrected chi connectivity index (χ2v) is 8.09. The van der Waals surface area contributed by atoms with Gasteiger partial charge in [-0.2, -0.15) is 0 Å². The maximum absolute atomic E-state index is 13.0. The molecule has 0 bridgehead atoms. The maximum atomic E-state index is 13.0. The molecule has 176 valence electrons. The minimum absolute atomic E-state index is 0.0742. The lowest BCUT2D eigenvalue weighted by molar-refractivity contribution is -0.137. The van der Waals surface area contributed by atoms with Crippen molar-refractivity contribution in [3.8, 4) is 17.2 Å². The molecule has 0 spiro atoms. The molecule has 1 aliphatic heterocycles. The fraction of sp³-hybridized carbons (Fsp3) is 0.259. The maximum Gasteiger partial charge on any atom is 0.263 e. The Balaban J connectivity index is 1.50. The number of benzene rings is 3. The van der Waals surface area contributed by atoms with Gasteiger partial charge in [-0.05, 0) is 67.4 Å². The molecule has 1 heterocycles. The third-order valence-electron chi connectivity index (χ3n) is 5.84. The van der Waals surface area contributed by atoms with Gasteiger partial charge in [0.2, 0.25) is 0 Å². The molecule has 3 aromatic carbocycles. The summed E-state index contributed by atoms with van der Waals surface area (Å²) >= 11 is 0. The van der Waals surface area contributed by atoms with Crippen LogP contribution in [0.3, 0.4) is 0 Å². The zero-order valence-electron chi connectivity index (χ0n) is 19.5. The average molecular weight is 461 g/mol. The van der Waals surface area contributed by atoms with Crippen molar-refractivity contribution in [2.75, 3.05) is 26.1 Å². The average Bonchev–Trinajstić information content (AvgIpc) is 2.98. The molecule has 7 nitrogen and oxygen atoms in total. The van der Waals surface area contributed by atoms with Crippen LogP contribution in [-0.4, -0.2) is 43.6 Å². The van der Waals surface area contributed by atoms with E-state index >= 15 is 0 Å². The van der Waals surface area contributed by atoms with Crippen LogP contribution in [0.25, 0.3) is 0 Å². The van der Waals surface area contributed by atoms with Gasteiger partial charge in [0.15, 0.2) is 6.10 Å². The molecule has 4 rings (SSSR count). The van der Waals surface area contributed by atoms with E-state index < -0.39 is 6.10 Å². The number of hydrogen-bond donors (Lipinski definition) is 1. The van der Waals surface area contributed by atoms with Crippen LogP contribution in [0.2, 0.25) is 0 Å². The van der Waals surface area contributed by atoms with E-state index in [4.69, 9.17) is 14.2 Å². The highest BCUT2D eigenvalue weighted by atomic mass is 16.5. The topological polar surface area (TPSA) is 77.1 Å². The third-order valence-corrected chi connectivity index (χ3v) is 5.84. The molecule has 7 heteroatoms. The summed E-state index contributed by atoms with van der Waals surface area (Å²) in [5.41, 5.74) is 3.03. The van der Waals surface area contributed by atoms with Crippen LogP contribution in [0.5, 0.6) is 17.2 Å². The Morgan fingerprint density at radius 2 is 1.82 bits per heavy atom. The summed E-state index contributed by atoms with van der Waals surface area (Å²) in [6.07, 6.45) is 0.0600. The monoisotopic (exact) mass is 460 g/mol. The molecule has 0 radical (unpaired) electrons. The van der Waals surface area contributed by atoms with Crippen molar-refractivity contribution < 1.29 is 23.8 Å². The molecule has 34 heavy (non-hydrogen) atoms.